The SMILES string of the molecule is Nc1ncc2c(F)cc(C3CCCC3(F)F)n2n1. The first-order valence-corrected chi connectivity index (χ1v) is 5.66. The topological polar surface area (TPSA) is 56.2 Å². The third-order valence-electron chi connectivity index (χ3n) is 3.38. The van der Waals surface area contributed by atoms with Crippen LogP contribution >= 0.6 is 0 Å². The quantitative estimate of drug-likeness (QED) is 0.852. The molecule has 2 aromatic heterocycles. The van der Waals surface area contributed by atoms with Gasteiger partial charge in [0, 0.05) is 6.42 Å². The van der Waals surface area contributed by atoms with Gasteiger partial charge < -0.3 is 5.73 Å². The predicted molar refractivity (Wildman–Crippen MR) is 58.9 cm³/mol. The van der Waals surface area contributed by atoms with E-state index >= 15 is 0 Å². The minimum absolute atomic E-state index is 0.0688. The summed E-state index contributed by atoms with van der Waals surface area (Å²) in [5.41, 5.74) is 5.65. The molecule has 0 aliphatic heterocycles. The second-order valence-electron chi connectivity index (χ2n) is 4.54. The van der Waals surface area contributed by atoms with E-state index in [1.165, 1.54) is 6.20 Å². The maximum absolute atomic E-state index is 13.7. The van der Waals surface area contributed by atoms with Crippen LogP contribution in [0.25, 0.3) is 5.52 Å². The predicted octanol–water partition coefficient (Wildman–Crippen LogP) is 2.35. The van der Waals surface area contributed by atoms with Crippen molar-refractivity contribution in [1.82, 2.24) is 14.6 Å². The molecule has 2 heterocycles. The van der Waals surface area contributed by atoms with Crippen LogP contribution in [-0.4, -0.2) is 20.5 Å². The minimum atomic E-state index is -2.82. The second-order valence-corrected chi connectivity index (χ2v) is 4.54. The van der Waals surface area contributed by atoms with Crippen molar-refractivity contribution in [3.63, 3.8) is 0 Å². The van der Waals surface area contributed by atoms with Crippen molar-refractivity contribution in [2.45, 2.75) is 31.1 Å². The molecule has 2 aromatic rings. The van der Waals surface area contributed by atoms with E-state index in [1.54, 1.807) is 0 Å². The minimum Gasteiger partial charge on any atom is -0.367 e. The molecule has 1 aliphatic rings. The first-order valence-electron chi connectivity index (χ1n) is 5.66. The number of aromatic nitrogens is 3. The number of alkyl halides is 2. The molecule has 2 N–H and O–H groups in total. The number of anilines is 1. The molecule has 0 amide bonds. The van der Waals surface area contributed by atoms with Gasteiger partial charge in [0.2, 0.25) is 5.95 Å². The highest BCUT2D eigenvalue weighted by atomic mass is 19.3. The number of nitrogens with zero attached hydrogens (tertiary/aromatic N) is 3. The van der Waals surface area contributed by atoms with Crippen molar-refractivity contribution in [2.24, 2.45) is 0 Å². The molecule has 0 saturated heterocycles. The van der Waals surface area contributed by atoms with Gasteiger partial charge in [-0.2, -0.15) is 0 Å². The van der Waals surface area contributed by atoms with Crippen LogP contribution in [0.15, 0.2) is 12.3 Å². The Bertz CT molecular complexity index is 608. The number of fused-ring (bicyclic) bond motifs is 1. The zero-order valence-corrected chi connectivity index (χ0v) is 9.41. The lowest BCUT2D eigenvalue weighted by atomic mass is 10.0. The van der Waals surface area contributed by atoms with Crippen molar-refractivity contribution >= 4 is 11.5 Å². The van der Waals surface area contributed by atoms with Crippen LogP contribution in [0.2, 0.25) is 0 Å². The second kappa shape index (κ2) is 3.60. The smallest absolute Gasteiger partial charge is 0.256 e. The fourth-order valence-electron chi connectivity index (χ4n) is 2.53. The highest BCUT2D eigenvalue weighted by Gasteiger charge is 2.46. The molecule has 4 nitrogen and oxygen atoms in total. The molecule has 0 radical (unpaired) electrons. The van der Waals surface area contributed by atoms with E-state index in [-0.39, 0.29) is 23.6 Å². The molecule has 96 valence electrons. The van der Waals surface area contributed by atoms with E-state index in [4.69, 9.17) is 5.73 Å². The van der Waals surface area contributed by atoms with Gasteiger partial charge in [-0.15, -0.1) is 5.10 Å². The van der Waals surface area contributed by atoms with Gasteiger partial charge in [-0.05, 0) is 18.9 Å². The summed E-state index contributed by atoms with van der Waals surface area (Å²) in [7, 11) is 0. The Balaban J connectivity index is 2.20. The lowest BCUT2D eigenvalue weighted by Gasteiger charge is -2.18. The van der Waals surface area contributed by atoms with Crippen LogP contribution in [-0.2, 0) is 0 Å². The lowest BCUT2D eigenvalue weighted by Crippen LogP contribution is -2.21. The zero-order valence-electron chi connectivity index (χ0n) is 9.41. The number of nitrogens with two attached hydrogens (primary N) is 1. The van der Waals surface area contributed by atoms with Gasteiger partial charge >= 0.3 is 0 Å². The molecule has 1 aliphatic carbocycles. The Morgan fingerprint density at radius 2 is 2.22 bits per heavy atom. The van der Waals surface area contributed by atoms with Gasteiger partial charge in [-0.1, -0.05) is 0 Å². The average molecular weight is 256 g/mol. The van der Waals surface area contributed by atoms with Crippen LogP contribution in [0.5, 0.6) is 0 Å². The van der Waals surface area contributed by atoms with Crippen LogP contribution < -0.4 is 5.73 Å². The third kappa shape index (κ3) is 1.53. The molecule has 0 bridgehead atoms. The Labute approximate surface area is 101 Å². The van der Waals surface area contributed by atoms with Crippen molar-refractivity contribution < 1.29 is 13.2 Å². The van der Waals surface area contributed by atoms with Crippen LogP contribution in [0, 0.1) is 5.82 Å². The highest BCUT2D eigenvalue weighted by Crippen LogP contribution is 2.47. The monoisotopic (exact) mass is 256 g/mol. The van der Waals surface area contributed by atoms with Gasteiger partial charge in [0.15, 0.2) is 5.82 Å². The molecule has 1 fully saturated rings. The molecular weight excluding hydrogens is 245 g/mol. The largest absolute Gasteiger partial charge is 0.367 e. The Kier molecular flexibility index (Phi) is 2.26. The van der Waals surface area contributed by atoms with E-state index in [0.717, 1.165) is 10.6 Å². The molecular formula is C11H11F3N4. The summed E-state index contributed by atoms with van der Waals surface area (Å²) in [4.78, 5) is 3.66. The van der Waals surface area contributed by atoms with Crippen molar-refractivity contribution in [3.05, 3.63) is 23.8 Å². The number of nitrogen functional groups attached to an aromatic ring is 1. The molecule has 7 heteroatoms. The maximum Gasteiger partial charge on any atom is 0.256 e. The van der Waals surface area contributed by atoms with Gasteiger partial charge in [0.1, 0.15) is 5.52 Å². The van der Waals surface area contributed by atoms with Crippen LogP contribution in [0.4, 0.5) is 19.1 Å². The van der Waals surface area contributed by atoms with Crippen molar-refractivity contribution in [2.75, 3.05) is 5.73 Å². The maximum atomic E-state index is 13.7. The Morgan fingerprint density at radius 1 is 1.44 bits per heavy atom. The molecule has 3 rings (SSSR count). The van der Waals surface area contributed by atoms with Crippen LogP contribution in [0.1, 0.15) is 30.9 Å². The third-order valence-corrected chi connectivity index (χ3v) is 3.38. The van der Waals surface area contributed by atoms with Crippen molar-refractivity contribution in [3.8, 4) is 0 Å². The summed E-state index contributed by atoms with van der Waals surface area (Å²) < 4.78 is 42.2. The fourth-order valence-corrected chi connectivity index (χ4v) is 2.53. The number of halogens is 3. The summed E-state index contributed by atoms with van der Waals surface area (Å²) >= 11 is 0. The average Bonchev–Trinajstić information content (AvgIpc) is 2.79. The molecule has 18 heavy (non-hydrogen) atoms. The van der Waals surface area contributed by atoms with Gasteiger partial charge in [0.25, 0.3) is 5.92 Å². The van der Waals surface area contributed by atoms with E-state index in [2.05, 4.69) is 10.1 Å². The first kappa shape index (κ1) is 11.3. The molecule has 1 unspecified atom stereocenters. The van der Waals surface area contributed by atoms with Crippen LogP contribution in [0.3, 0.4) is 0 Å². The Morgan fingerprint density at radius 3 is 2.89 bits per heavy atom. The fraction of sp³-hybridized carbons (Fsp3) is 0.455. The number of hydrogen-bond donors (Lipinski definition) is 1. The molecule has 1 saturated carbocycles. The van der Waals surface area contributed by atoms with E-state index < -0.39 is 17.7 Å². The summed E-state index contributed by atoms with van der Waals surface area (Å²) in [6.45, 7) is 0. The van der Waals surface area contributed by atoms with E-state index in [1.807, 2.05) is 0 Å². The first-order chi connectivity index (χ1) is 8.49. The summed E-state index contributed by atoms with van der Waals surface area (Å²) in [5.74, 6) is -4.50. The Hall–Kier alpha value is -1.79. The van der Waals surface area contributed by atoms with E-state index in [9.17, 15) is 13.2 Å². The molecule has 0 spiro atoms. The van der Waals surface area contributed by atoms with Gasteiger partial charge in [0.05, 0.1) is 17.8 Å². The van der Waals surface area contributed by atoms with E-state index in [0.29, 0.717) is 12.8 Å². The van der Waals surface area contributed by atoms with Gasteiger partial charge in [-0.25, -0.2) is 22.7 Å². The van der Waals surface area contributed by atoms with Crippen molar-refractivity contribution in [1.29, 1.82) is 0 Å². The number of hydrogen-bond acceptors (Lipinski definition) is 3. The highest BCUT2D eigenvalue weighted by molar-refractivity contribution is 5.50. The normalized spacial score (nSPS) is 22.7. The summed E-state index contributed by atoms with van der Waals surface area (Å²) in [6, 6.07) is 1.10. The molecule has 0 aromatic carbocycles. The number of rotatable bonds is 1. The molecule has 1 atom stereocenters. The van der Waals surface area contributed by atoms with Gasteiger partial charge in [-0.3, -0.25) is 0 Å². The summed E-state index contributed by atoms with van der Waals surface area (Å²) in [6.07, 6.45) is 1.77. The zero-order chi connectivity index (χ0) is 12.9. The standard InChI is InChI=1S/C11H11F3N4/c12-7-4-8(6-2-1-3-11(6,13)14)18-9(7)5-16-10(15)17-18/h4-6H,1-3H2,(H2,15,17). The lowest BCUT2D eigenvalue weighted by molar-refractivity contribution is -0.0105. The summed E-state index contributed by atoms with van der Waals surface area (Å²) in [5, 5.41) is 3.82.